The van der Waals surface area contributed by atoms with E-state index >= 15 is 0 Å². The maximum Gasteiger partial charge on any atom is 0.276 e. The first-order valence-corrected chi connectivity index (χ1v) is 12.6. The summed E-state index contributed by atoms with van der Waals surface area (Å²) < 4.78 is 7.41. The molecule has 1 saturated carbocycles. The Morgan fingerprint density at radius 2 is 1.92 bits per heavy atom. The minimum Gasteiger partial charge on any atom is -0.438 e. The first kappa shape index (κ1) is 23.3. The molecule has 186 valence electrons. The fraction of sp³-hybridized carbons (Fsp3) is 0.111. The lowest BCUT2D eigenvalue weighted by molar-refractivity contribution is 0.101. The van der Waals surface area contributed by atoms with Crippen molar-refractivity contribution in [2.45, 2.75) is 18.3 Å². The Morgan fingerprint density at radius 1 is 1.05 bits per heavy atom. The van der Waals surface area contributed by atoms with Crippen LogP contribution in [0.1, 0.15) is 39.3 Å². The zero-order valence-corrected chi connectivity index (χ0v) is 20.6. The zero-order valence-electron chi connectivity index (χ0n) is 19.8. The van der Waals surface area contributed by atoms with Crippen LogP contribution in [-0.2, 0) is 5.41 Å². The molecule has 0 unspecified atom stereocenters. The van der Waals surface area contributed by atoms with E-state index in [1.807, 2.05) is 6.07 Å². The predicted molar refractivity (Wildman–Crippen MR) is 140 cm³/mol. The molecule has 0 saturated heterocycles. The SMILES string of the molecule is N#CC1(c2cccc(C(=O)Nc3cccc(Oc4ccc5nc(NC(=O)c6cscn6)cn5n4)c3)c2)CC1. The number of aromatic nitrogens is 4. The molecule has 0 bridgehead atoms. The highest BCUT2D eigenvalue weighted by atomic mass is 32.1. The van der Waals surface area contributed by atoms with E-state index in [1.54, 1.807) is 71.7 Å². The number of rotatable bonds is 7. The average molecular weight is 522 g/mol. The van der Waals surface area contributed by atoms with Crippen LogP contribution in [0.5, 0.6) is 11.6 Å². The zero-order chi connectivity index (χ0) is 26.1. The van der Waals surface area contributed by atoms with Crippen LogP contribution in [0.3, 0.4) is 0 Å². The van der Waals surface area contributed by atoms with E-state index in [9.17, 15) is 14.9 Å². The van der Waals surface area contributed by atoms with Gasteiger partial charge in [0.1, 0.15) is 11.4 Å². The molecule has 10 nitrogen and oxygen atoms in total. The van der Waals surface area contributed by atoms with Crippen LogP contribution in [0.2, 0.25) is 0 Å². The molecule has 0 aliphatic heterocycles. The number of hydrogen-bond donors (Lipinski definition) is 2. The van der Waals surface area contributed by atoms with Crippen molar-refractivity contribution in [1.82, 2.24) is 19.6 Å². The number of nitriles is 1. The number of imidazole rings is 1. The lowest BCUT2D eigenvalue weighted by Crippen LogP contribution is -2.13. The fourth-order valence-electron chi connectivity index (χ4n) is 3.99. The van der Waals surface area contributed by atoms with E-state index in [2.05, 4.69) is 31.8 Å². The van der Waals surface area contributed by atoms with Gasteiger partial charge in [-0.15, -0.1) is 16.4 Å². The lowest BCUT2D eigenvalue weighted by atomic mass is 9.96. The molecular weight excluding hydrogens is 502 g/mol. The first-order chi connectivity index (χ1) is 18.5. The van der Waals surface area contributed by atoms with Crippen LogP contribution in [0, 0.1) is 11.3 Å². The summed E-state index contributed by atoms with van der Waals surface area (Å²) in [6, 6.07) is 19.9. The van der Waals surface area contributed by atoms with Gasteiger partial charge < -0.3 is 15.4 Å². The van der Waals surface area contributed by atoms with Gasteiger partial charge in [-0.1, -0.05) is 18.2 Å². The number of thiazole rings is 1. The highest BCUT2D eigenvalue weighted by Gasteiger charge is 2.45. The number of anilines is 2. The minimum absolute atomic E-state index is 0.275. The second kappa shape index (κ2) is 9.42. The molecular formula is C27H19N7O3S. The highest BCUT2D eigenvalue weighted by Crippen LogP contribution is 2.47. The molecule has 2 N–H and O–H groups in total. The molecule has 2 aromatic carbocycles. The highest BCUT2D eigenvalue weighted by molar-refractivity contribution is 7.07. The fourth-order valence-corrected chi connectivity index (χ4v) is 4.53. The van der Waals surface area contributed by atoms with Crippen molar-refractivity contribution >= 4 is 40.3 Å². The van der Waals surface area contributed by atoms with Crippen molar-refractivity contribution in [3.05, 3.63) is 94.6 Å². The Bertz CT molecular complexity index is 1720. The largest absolute Gasteiger partial charge is 0.438 e. The number of ether oxygens (including phenoxy) is 1. The van der Waals surface area contributed by atoms with Crippen LogP contribution >= 0.6 is 11.3 Å². The third-order valence-electron chi connectivity index (χ3n) is 6.16. The molecule has 2 amide bonds. The monoisotopic (exact) mass is 521 g/mol. The van der Waals surface area contributed by atoms with Gasteiger partial charge in [0.05, 0.1) is 23.2 Å². The van der Waals surface area contributed by atoms with E-state index < -0.39 is 5.41 Å². The van der Waals surface area contributed by atoms with Gasteiger partial charge in [-0.3, -0.25) is 9.59 Å². The van der Waals surface area contributed by atoms with Gasteiger partial charge in [0, 0.05) is 28.8 Å². The number of nitrogens with zero attached hydrogens (tertiary/aromatic N) is 5. The maximum atomic E-state index is 12.9. The van der Waals surface area contributed by atoms with E-state index in [0.29, 0.717) is 40.0 Å². The second-order valence-corrected chi connectivity index (χ2v) is 9.51. The molecule has 3 aromatic heterocycles. The molecule has 11 heteroatoms. The molecule has 3 heterocycles. The average Bonchev–Trinajstić information content (AvgIpc) is 3.33. The number of benzene rings is 2. The van der Waals surface area contributed by atoms with Crippen LogP contribution in [0.25, 0.3) is 5.65 Å². The third-order valence-corrected chi connectivity index (χ3v) is 6.74. The molecule has 6 rings (SSSR count). The van der Waals surface area contributed by atoms with Crippen LogP contribution in [0.4, 0.5) is 11.5 Å². The summed E-state index contributed by atoms with van der Waals surface area (Å²) in [4.78, 5) is 33.4. The molecule has 1 fully saturated rings. The van der Waals surface area contributed by atoms with Gasteiger partial charge in [-0.05, 0) is 48.7 Å². The maximum absolute atomic E-state index is 12.9. The smallest absolute Gasteiger partial charge is 0.276 e. The van der Waals surface area contributed by atoms with E-state index in [0.717, 1.165) is 18.4 Å². The van der Waals surface area contributed by atoms with Crippen LogP contribution in [-0.4, -0.2) is 31.4 Å². The minimum atomic E-state index is -0.457. The number of carbonyl (C=O) groups is 2. The second-order valence-electron chi connectivity index (χ2n) is 8.79. The van der Waals surface area contributed by atoms with Crippen LogP contribution in [0.15, 0.2) is 77.8 Å². The van der Waals surface area contributed by atoms with Gasteiger partial charge in [0.25, 0.3) is 11.8 Å². The number of carbonyl (C=O) groups excluding carboxylic acids is 2. The Hall–Kier alpha value is -5.08. The first-order valence-electron chi connectivity index (χ1n) is 11.7. The standard InChI is InChI=1S/C27H19N7O3S/c28-15-27(9-10-27)18-4-1-3-17(11-18)25(35)30-19-5-2-6-20(12-19)37-24-8-7-23-31-22(13-34(23)33-24)32-26(36)21-14-38-16-29-21/h1-8,11-14,16H,9-10H2,(H,30,35)(H,32,36). The Balaban J connectivity index is 1.14. The summed E-state index contributed by atoms with van der Waals surface area (Å²) in [7, 11) is 0. The number of nitrogens with one attached hydrogen (secondary N) is 2. The predicted octanol–water partition coefficient (Wildman–Crippen LogP) is 5.04. The number of hydrogen-bond acceptors (Lipinski definition) is 8. The van der Waals surface area contributed by atoms with Crippen molar-refractivity contribution in [3.8, 4) is 17.7 Å². The van der Waals surface area contributed by atoms with Crippen molar-refractivity contribution < 1.29 is 14.3 Å². The summed E-state index contributed by atoms with van der Waals surface area (Å²) in [6.45, 7) is 0. The molecule has 1 aliphatic rings. The molecule has 0 spiro atoms. The third kappa shape index (κ3) is 4.68. The summed E-state index contributed by atoms with van der Waals surface area (Å²) in [6.07, 6.45) is 3.21. The van der Waals surface area contributed by atoms with Gasteiger partial charge >= 0.3 is 0 Å². The summed E-state index contributed by atoms with van der Waals surface area (Å²) in [5.74, 6) is 0.484. The summed E-state index contributed by atoms with van der Waals surface area (Å²) >= 11 is 1.33. The van der Waals surface area contributed by atoms with E-state index in [-0.39, 0.29) is 11.8 Å². The topological polar surface area (TPSA) is 134 Å². The Morgan fingerprint density at radius 3 is 2.71 bits per heavy atom. The van der Waals surface area contributed by atoms with Crippen molar-refractivity contribution in [2.75, 3.05) is 10.6 Å². The van der Waals surface area contributed by atoms with Gasteiger partial charge in [-0.2, -0.15) is 5.26 Å². The van der Waals surface area contributed by atoms with Crippen molar-refractivity contribution in [3.63, 3.8) is 0 Å². The van der Waals surface area contributed by atoms with Crippen molar-refractivity contribution in [1.29, 1.82) is 5.26 Å². The molecule has 1 aliphatic carbocycles. The number of amides is 2. The normalized spacial score (nSPS) is 13.4. The molecule has 0 atom stereocenters. The quantitative estimate of drug-likeness (QED) is 0.306. The van der Waals surface area contributed by atoms with Crippen LogP contribution < -0.4 is 15.4 Å². The van der Waals surface area contributed by atoms with Gasteiger partial charge in [-0.25, -0.2) is 14.5 Å². The van der Waals surface area contributed by atoms with E-state index in [1.165, 1.54) is 15.9 Å². The lowest BCUT2D eigenvalue weighted by Gasteiger charge is -2.11. The molecule has 38 heavy (non-hydrogen) atoms. The summed E-state index contributed by atoms with van der Waals surface area (Å²) in [5.41, 5.74) is 3.88. The Labute approximate surface area is 220 Å². The van der Waals surface area contributed by atoms with Gasteiger partial charge in [0.2, 0.25) is 5.88 Å². The Kier molecular flexibility index (Phi) is 5.78. The van der Waals surface area contributed by atoms with Gasteiger partial charge in [0.15, 0.2) is 11.5 Å². The van der Waals surface area contributed by atoms with Crippen molar-refractivity contribution in [2.24, 2.45) is 0 Å². The van der Waals surface area contributed by atoms with E-state index in [4.69, 9.17) is 4.74 Å². The number of fused-ring (bicyclic) bond motifs is 1. The molecule has 0 radical (unpaired) electrons. The summed E-state index contributed by atoms with van der Waals surface area (Å²) in [5, 5.41) is 21.1. The molecule has 5 aromatic rings.